The van der Waals surface area contributed by atoms with Crippen LogP contribution in [0, 0.1) is 0 Å². The second kappa shape index (κ2) is 56.1. The minimum atomic E-state index is -0.823. The molecule has 0 aliphatic carbocycles. The molecule has 388 valence electrons. The monoisotopic (exact) mass is 953 g/mol. The van der Waals surface area contributed by atoms with Crippen molar-refractivity contribution in [3.05, 3.63) is 134 Å². The highest BCUT2D eigenvalue weighted by Gasteiger charge is 2.19. The highest BCUT2D eigenvalue weighted by atomic mass is 16.6. The van der Waals surface area contributed by atoms with E-state index in [0.717, 1.165) is 116 Å². The zero-order chi connectivity index (χ0) is 50.0. The molecule has 0 aromatic heterocycles. The van der Waals surface area contributed by atoms with Crippen molar-refractivity contribution in [3.8, 4) is 0 Å². The molecule has 0 spiro atoms. The van der Waals surface area contributed by atoms with E-state index in [-0.39, 0.29) is 37.5 Å². The van der Waals surface area contributed by atoms with Gasteiger partial charge in [-0.2, -0.15) is 0 Å². The standard InChI is InChI=1S/C63H100O6/c1-4-7-10-13-16-19-22-25-28-30-31-33-35-38-41-44-47-50-53-56-62(65)68-59-60(58-67-61(64)55-52-49-46-43-40-37-34-27-24-21-18-15-12-9-6-3)69-63(66)57-54-51-48-45-42-39-36-32-29-26-23-20-17-14-11-8-5-2/h7,9-10,12,15-21,24-26,28-29,31,33,36,39,45,48,60H,4-6,8,11,13-14,22-23,27,30,32,34-35,37-38,40-44,46-47,49-59H2,1-3H3/b10-7-,12-9-,18-15-,19-16-,20-17-,24-21-,28-25-,29-26-,33-31-,39-36-,48-45-. The van der Waals surface area contributed by atoms with Crippen LogP contribution in [0.25, 0.3) is 0 Å². The van der Waals surface area contributed by atoms with Gasteiger partial charge in [0.15, 0.2) is 6.10 Å². The van der Waals surface area contributed by atoms with Crippen molar-refractivity contribution in [1.82, 2.24) is 0 Å². The van der Waals surface area contributed by atoms with Gasteiger partial charge >= 0.3 is 17.9 Å². The Labute approximate surface area is 424 Å². The van der Waals surface area contributed by atoms with Gasteiger partial charge in [0.2, 0.25) is 0 Å². The van der Waals surface area contributed by atoms with Crippen LogP contribution in [-0.2, 0) is 28.6 Å². The first-order valence-corrected chi connectivity index (χ1v) is 27.7. The van der Waals surface area contributed by atoms with Gasteiger partial charge in [-0.15, -0.1) is 0 Å². The Hall–Kier alpha value is -4.45. The lowest BCUT2D eigenvalue weighted by Gasteiger charge is -2.18. The lowest BCUT2D eigenvalue weighted by molar-refractivity contribution is -0.167. The maximum Gasteiger partial charge on any atom is 0.306 e. The molecule has 0 N–H and O–H groups in total. The van der Waals surface area contributed by atoms with Crippen LogP contribution in [0.4, 0.5) is 0 Å². The molecule has 6 nitrogen and oxygen atoms in total. The van der Waals surface area contributed by atoms with E-state index < -0.39 is 6.10 Å². The van der Waals surface area contributed by atoms with Crippen LogP contribution in [0.3, 0.4) is 0 Å². The van der Waals surface area contributed by atoms with Gasteiger partial charge < -0.3 is 14.2 Å². The lowest BCUT2D eigenvalue weighted by Crippen LogP contribution is -2.30. The number of carbonyl (C=O) groups is 3. The molecule has 0 aliphatic rings. The molecule has 0 saturated heterocycles. The van der Waals surface area contributed by atoms with E-state index in [1.807, 2.05) is 0 Å². The van der Waals surface area contributed by atoms with E-state index >= 15 is 0 Å². The van der Waals surface area contributed by atoms with Crippen LogP contribution in [0.15, 0.2) is 134 Å². The fourth-order valence-corrected chi connectivity index (χ4v) is 7.07. The summed E-state index contributed by atoms with van der Waals surface area (Å²) in [5.74, 6) is -1.00. The third kappa shape index (κ3) is 54.4. The van der Waals surface area contributed by atoms with Crippen molar-refractivity contribution >= 4 is 17.9 Å². The summed E-state index contributed by atoms with van der Waals surface area (Å²) in [5.41, 5.74) is 0. The average molecular weight is 953 g/mol. The predicted molar refractivity (Wildman–Crippen MR) is 297 cm³/mol. The zero-order valence-corrected chi connectivity index (χ0v) is 44.3. The molecule has 69 heavy (non-hydrogen) atoms. The highest BCUT2D eigenvalue weighted by Crippen LogP contribution is 2.13. The molecular weight excluding hydrogens is 853 g/mol. The quantitative estimate of drug-likeness (QED) is 0.0199. The van der Waals surface area contributed by atoms with E-state index in [0.29, 0.717) is 19.3 Å². The average Bonchev–Trinajstić information content (AvgIpc) is 3.35. The molecule has 1 atom stereocenters. The zero-order valence-electron chi connectivity index (χ0n) is 44.3. The smallest absolute Gasteiger partial charge is 0.306 e. The molecule has 0 fully saturated rings. The fraction of sp³-hybridized carbons (Fsp3) is 0.603. The Kier molecular flexibility index (Phi) is 52.5. The van der Waals surface area contributed by atoms with Gasteiger partial charge in [0.1, 0.15) is 13.2 Å². The van der Waals surface area contributed by atoms with Crippen LogP contribution in [-0.4, -0.2) is 37.2 Å². The van der Waals surface area contributed by atoms with Crippen molar-refractivity contribution in [3.63, 3.8) is 0 Å². The Balaban J connectivity index is 4.54. The first kappa shape index (κ1) is 64.5. The largest absolute Gasteiger partial charge is 0.462 e. The Morgan fingerprint density at radius 1 is 0.319 bits per heavy atom. The second-order valence-corrected chi connectivity index (χ2v) is 17.8. The van der Waals surface area contributed by atoms with Crippen LogP contribution < -0.4 is 0 Å². The summed E-state index contributed by atoms with van der Waals surface area (Å²) in [6.07, 6.45) is 78.7. The first-order valence-electron chi connectivity index (χ1n) is 27.7. The van der Waals surface area contributed by atoms with E-state index in [9.17, 15) is 14.4 Å². The molecule has 0 aromatic rings. The number of hydrogen-bond acceptors (Lipinski definition) is 6. The third-order valence-corrected chi connectivity index (χ3v) is 11.2. The lowest BCUT2D eigenvalue weighted by atomic mass is 10.1. The summed E-state index contributed by atoms with van der Waals surface area (Å²) in [6.45, 7) is 6.29. The molecule has 1 unspecified atom stereocenters. The number of ether oxygens (including phenoxy) is 3. The number of unbranched alkanes of at least 4 members (excludes halogenated alkanes) is 17. The van der Waals surface area contributed by atoms with Gasteiger partial charge in [-0.25, -0.2) is 0 Å². The highest BCUT2D eigenvalue weighted by molar-refractivity contribution is 5.71. The van der Waals surface area contributed by atoms with Crippen molar-refractivity contribution in [1.29, 1.82) is 0 Å². The van der Waals surface area contributed by atoms with E-state index in [2.05, 4.69) is 154 Å². The van der Waals surface area contributed by atoms with Gasteiger partial charge in [-0.05, 0) is 116 Å². The number of rotatable bonds is 48. The van der Waals surface area contributed by atoms with Gasteiger partial charge in [0.05, 0.1) is 0 Å². The Morgan fingerprint density at radius 3 is 1.09 bits per heavy atom. The summed E-state index contributed by atoms with van der Waals surface area (Å²) in [5, 5.41) is 0. The van der Waals surface area contributed by atoms with Crippen LogP contribution in [0.5, 0.6) is 0 Å². The molecule has 0 radical (unpaired) electrons. The minimum absolute atomic E-state index is 0.115. The first-order chi connectivity index (χ1) is 34.0. The van der Waals surface area contributed by atoms with Crippen LogP contribution >= 0.6 is 0 Å². The molecular formula is C63H100O6. The van der Waals surface area contributed by atoms with Crippen molar-refractivity contribution in [2.45, 2.75) is 232 Å². The Morgan fingerprint density at radius 2 is 0.652 bits per heavy atom. The van der Waals surface area contributed by atoms with E-state index in [1.54, 1.807) is 0 Å². The molecule has 0 saturated carbocycles. The summed E-state index contributed by atoms with van der Waals surface area (Å²) in [6, 6.07) is 0. The molecule has 0 aromatic carbocycles. The number of carbonyl (C=O) groups excluding carboxylic acids is 3. The number of hydrogen-bond donors (Lipinski definition) is 0. The maximum atomic E-state index is 12.8. The molecule has 0 heterocycles. The normalized spacial score (nSPS) is 13.1. The van der Waals surface area contributed by atoms with Gasteiger partial charge in [0, 0.05) is 19.3 Å². The topological polar surface area (TPSA) is 78.9 Å². The molecule has 0 rings (SSSR count). The molecule has 0 amide bonds. The van der Waals surface area contributed by atoms with Gasteiger partial charge in [-0.3, -0.25) is 14.4 Å². The maximum absolute atomic E-state index is 12.8. The van der Waals surface area contributed by atoms with Crippen LogP contribution in [0.1, 0.15) is 226 Å². The SMILES string of the molecule is CC\C=C/C=C\C=C/CCCCCCCCCC(=O)OCC(COC(=O)CCCCCCCC/C=C\C/C=C\C/C=C\C/C=C\CC)OC(=O)CCC/C=C\C/C=C\C/C=C\C/C=C\CCCCC. The summed E-state index contributed by atoms with van der Waals surface area (Å²) >= 11 is 0. The predicted octanol–water partition coefficient (Wildman–Crippen LogP) is 18.6. The molecule has 0 aliphatic heterocycles. The minimum Gasteiger partial charge on any atom is -0.462 e. The van der Waals surface area contributed by atoms with Crippen molar-refractivity contribution < 1.29 is 28.6 Å². The molecule has 0 bridgehead atoms. The van der Waals surface area contributed by atoms with E-state index in [1.165, 1.54) is 64.2 Å². The second-order valence-electron chi connectivity index (χ2n) is 17.8. The Bertz CT molecular complexity index is 1510. The number of esters is 3. The van der Waals surface area contributed by atoms with Gasteiger partial charge in [0.25, 0.3) is 0 Å². The number of allylic oxidation sites excluding steroid dienone is 22. The van der Waals surface area contributed by atoms with Crippen molar-refractivity contribution in [2.75, 3.05) is 13.2 Å². The van der Waals surface area contributed by atoms with Crippen LogP contribution in [0.2, 0.25) is 0 Å². The summed E-state index contributed by atoms with van der Waals surface area (Å²) in [4.78, 5) is 38.1. The van der Waals surface area contributed by atoms with Gasteiger partial charge in [-0.1, -0.05) is 225 Å². The summed E-state index contributed by atoms with van der Waals surface area (Å²) < 4.78 is 16.8. The summed E-state index contributed by atoms with van der Waals surface area (Å²) in [7, 11) is 0. The third-order valence-electron chi connectivity index (χ3n) is 11.2. The molecule has 6 heteroatoms. The van der Waals surface area contributed by atoms with Crippen molar-refractivity contribution in [2.24, 2.45) is 0 Å². The fourth-order valence-electron chi connectivity index (χ4n) is 7.07. The van der Waals surface area contributed by atoms with E-state index in [4.69, 9.17) is 14.2 Å².